The summed E-state index contributed by atoms with van der Waals surface area (Å²) in [7, 11) is -3.64. The van der Waals surface area contributed by atoms with E-state index < -0.39 is 10.0 Å². The Labute approximate surface area is 143 Å². The van der Waals surface area contributed by atoms with Crippen molar-refractivity contribution in [1.29, 1.82) is 0 Å². The lowest BCUT2D eigenvalue weighted by atomic mass is 10.3. The third-order valence-electron chi connectivity index (χ3n) is 3.26. The molecule has 0 saturated heterocycles. The summed E-state index contributed by atoms with van der Waals surface area (Å²) in [6.07, 6.45) is 0.373. The summed E-state index contributed by atoms with van der Waals surface area (Å²) in [6.45, 7) is 1.76. The van der Waals surface area contributed by atoms with E-state index >= 15 is 0 Å². The molecular weight excluding hydrogens is 346 g/mol. The molecule has 3 rings (SSSR count). The highest BCUT2D eigenvalue weighted by Crippen LogP contribution is 2.29. The van der Waals surface area contributed by atoms with E-state index in [0.717, 1.165) is 4.70 Å². The highest BCUT2D eigenvalue weighted by molar-refractivity contribution is 7.92. The quantitative estimate of drug-likeness (QED) is 0.728. The fourth-order valence-electron chi connectivity index (χ4n) is 2.07. The van der Waals surface area contributed by atoms with Gasteiger partial charge in [0.25, 0.3) is 10.0 Å². The minimum absolute atomic E-state index is 0.112. The molecule has 0 saturated carbocycles. The second-order valence-electron chi connectivity index (χ2n) is 5.02. The summed E-state index contributed by atoms with van der Waals surface area (Å²) in [5.74, 6) is -0.112. The van der Waals surface area contributed by atoms with E-state index in [4.69, 9.17) is 0 Å². The number of anilines is 2. The molecule has 2 aromatic carbocycles. The zero-order valence-electron chi connectivity index (χ0n) is 12.8. The van der Waals surface area contributed by atoms with Crippen LogP contribution >= 0.6 is 11.3 Å². The highest BCUT2D eigenvalue weighted by atomic mass is 32.2. The molecule has 0 aliphatic carbocycles. The molecular formula is C16H15N3O3S2. The van der Waals surface area contributed by atoms with Gasteiger partial charge in [0.2, 0.25) is 5.91 Å². The standard InChI is InChI=1S/C16H15N3O3S2/c1-2-15(20)18-16-17-13-10-11(8-9-14(13)23-16)19-24(21,22)12-6-4-3-5-7-12/h3-10,19H,2H2,1H3,(H,17,18,20). The Balaban J connectivity index is 1.87. The predicted molar refractivity (Wildman–Crippen MR) is 95.8 cm³/mol. The molecule has 0 bridgehead atoms. The molecule has 0 atom stereocenters. The van der Waals surface area contributed by atoms with Gasteiger partial charge in [-0.1, -0.05) is 36.5 Å². The Hall–Kier alpha value is -2.45. The second-order valence-corrected chi connectivity index (χ2v) is 7.73. The van der Waals surface area contributed by atoms with Crippen LogP contribution in [0.4, 0.5) is 10.8 Å². The summed E-state index contributed by atoms with van der Waals surface area (Å²) >= 11 is 1.34. The Morgan fingerprint density at radius 3 is 2.62 bits per heavy atom. The van der Waals surface area contributed by atoms with Gasteiger partial charge in [-0.15, -0.1) is 0 Å². The smallest absolute Gasteiger partial charge is 0.261 e. The molecule has 0 aliphatic heterocycles. The SMILES string of the molecule is CCC(=O)Nc1nc2cc(NS(=O)(=O)c3ccccc3)ccc2s1. The lowest BCUT2D eigenvalue weighted by Crippen LogP contribution is -2.12. The number of sulfonamides is 1. The van der Waals surface area contributed by atoms with Crippen LogP contribution in [0.2, 0.25) is 0 Å². The lowest BCUT2D eigenvalue weighted by molar-refractivity contribution is -0.115. The number of benzene rings is 2. The van der Waals surface area contributed by atoms with Gasteiger partial charge in [-0.2, -0.15) is 0 Å². The predicted octanol–water partition coefficient (Wildman–Crippen LogP) is 3.45. The number of rotatable bonds is 5. The molecule has 3 aromatic rings. The van der Waals surface area contributed by atoms with Crippen molar-refractivity contribution in [2.24, 2.45) is 0 Å². The van der Waals surface area contributed by atoms with Gasteiger partial charge in [0.05, 0.1) is 20.8 Å². The van der Waals surface area contributed by atoms with Gasteiger partial charge in [0.15, 0.2) is 5.13 Å². The number of carbonyl (C=O) groups is 1. The fraction of sp³-hybridized carbons (Fsp3) is 0.125. The first-order chi connectivity index (χ1) is 11.5. The van der Waals surface area contributed by atoms with E-state index in [1.165, 1.54) is 23.5 Å². The number of thiazole rings is 1. The number of nitrogens with zero attached hydrogens (tertiary/aromatic N) is 1. The van der Waals surface area contributed by atoms with Crippen molar-refractivity contribution < 1.29 is 13.2 Å². The van der Waals surface area contributed by atoms with Gasteiger partial charge >= 0.3 is 0 Å². The molecule has 24 heavy (non-hydrogen) atoms. The minimum atomic E-state index is -3.64. The molecule has 1 aromatic heterocycles. The van der Waals surface area contributed by atoms with Crippen LogP contribution in [0.25, 0.3) is 10.2 Å². The zero-order chi connectivity index (χ0) is 17.2. The molecule has 124 valence electrons. The van der Waals surface area contributed by atoms with Crippen molar-refractivity contribution in [2.45, 2.75) is 18.2 Å². The van der Waals surface area contributed by atoms with Crippen LogP contribution in [0.15, 0.2) is 53.4 Å². The van der Waals surface area contributed by atoms with E-state index in [9.17, 15) is 13.2 Å². The number of fused-ring (bicyclic) bond motifs is 1. The van der Waals surface area contributed by atoms with E-state index in [1.54, 1.807) is 43.3 Å². The third kappa shape index (κ3) is 3.55. The average Bonchev–Trinajstić information content (AvgIpc) is 2.96. The Bertz CT molecular complexity index is 982. The van der Waals surface area contributed by atoms with Gasteiger partial charge < -0.3 is 5.32 Å². The van der Waals surface area contributed by atoms with Crippen LogP contribution in [-0.2, 0) is 14.8 Å². The number of aromatic nitrogens is 1. The first kappa shape index (κ1) is 16.4. The van der Waals surface area contributed by atoms with Gasteiger partial charge in [-0.25, -0.2) is 13.4 Å². The van der Waals surface area contributed by atoms with Gasteiger partial charge in [-0.3, -0.25) is 9.52 Å². The molecule has 8 heteroatoms. The summed E-state index contributed by atoms with van der Waals surface area (Å²) in [6, 6.07) is 13.2. The van der Waals surface area contributed by atoms with Crippen molar-refractivity contribution in [3.8, 4) is 0 Å². The van der Waals surface area contributed by atoms with Crippen LogP contribution in [0.1, 0.15) is 13.3 Å². The average molecular weight is 361 g/mol. The van der Waals surface area contributed by atoms with Crippen LogP contribution in [0.5, 0.6) is 0 Å². The number of hydrogen-bond donors (Lipinski definition) is 2. The fourth-order valence-corrected chi connectivity index (χ4v) is 4.00. The molecule has 0 radical (unpaired) electrons. The molecule has 1 amide bonds. The number of nitrogens with one attached hydrogen (secondary N) is 2. The lowest BCUT2D eigenvalue weighted by Gasteiger charge is -2.07. The van der Waals surface area contributed by atoms with Crippen molar-refractivity contribution in [3.63, 3.8) is 0 Å². The molecule has 1 heterocycles. The number of amides is 1. The van der Waals surface area contributed by atoms with Crippen LogP contribution < -0.4 is 10.0 Å². The maximum absolute atomic E-state index is 12.3. The van der Waals surface area contributed by atoms with Crippen molar-refractivity contribution in [2.75, 3.05) is 10.0 Å². The molecule has 6 nitrogen and oxygen atoms in total. The monoisotopic (exact) mass is 361 g/mol. The van der Waals surface area contributed by atoms with Gasteiger partial charge in [0, 0.05) is 6.42 Å². The first-order valence-electron chi connectivity index (χ1n) is 7.26. The number of carbonyl (C=O) groups excluding carboxylic acids is 1. The second kappa shape index (κ2) is 6.58. The van der Waals surface area contributed by atoms with E-state index in [2.05, 4.69) is 15.0 Å². The summed E-state index contributed by atoms with van der Waals surface area (Å²) < 4.78 is 28.1. The molecule has 0 spiro atoms. The van der Waals surface area contributed by atoms with Gasteiger partial charge in [-0.05, 0) is 30.3 Å². The van der Waals surface area contributed by atoms with Crippen molar-refractivity contribution in [1.82, 2.24) is 4.98 Å². The maximum atomic E-state index is 12.3. The molecule has 2 N–H and O–H groups in total. The van der Waals surface area contributed by atoms with Crippen LogP contribution in [0.3, 0.4) is 0 Å². The molecule has 0 unspecified atom stereocenters. The summed E-state index contributed by atoms with van der Waals surface area (Å²) in [4.78, 5) is 15.9. The Morgan fingerprint density at radius 1 is 1.17 bits per heavy atom. The van der Waals surface area contributed by atoms with Gasteiger partial charge in [0.1, 0.15) is 0 Å². The van der Waals surface area contributed by atoms with E-state index in [1.807, 2.05) is 0 Å². The van der Waals surface area contributed by atoms with Crippen LogP contribution in [0, 0.1) is 0 Å². The minimum Gasteiger partial charge on any atom is -0.302 e. The van der Waals surface area contributed by atoms with E-state index in [-0.39, 0.29) is 10.8 Å². The Kier molecular flexibility index (Phi) is 4.50. The van der Waals surface area contributed by atoms with Crippen LogP contribution in [-0.4, -0.2) is 19.3 Å². The molecule has 0 aliphatic rings. The normalized spacial score (nSPS) is 11.4. The summed E-state index contributed by atoms with van der Waals surface area (Å²) in [5, 5.41) is 3.20. The number of hydrogen-bond acceptors (Lipinski definition) is 5. The van der Waals surface area contributed by atoms with E-state index in [0.29, 0.717) is 22.8 Å². The first-order valence-corrected chi connectivity index (χ1v) is 9.56. The largest absolute Gasteiger partial charge is 0.302 e. The summed E-state index contributed by atoms with van der Waals surface area (Å²) in [5.41, 5.74) is 1.05. The topological polar surface area (TPSA) is 88.2 Å². The molecule has 0 fully saturated rings. The maximum Gasteiger partial charge on any atom is 0.261 e. The highest BCUT2D eigenvalue weighted by Gasteiger charge is 2.14. The van der Waals surface area contributed by atoms with Crippen molar-refractivity contribution >= 4 is 48.3 Å². The third-order valence-corrected chi connectivity index (χ3v) is 5.61. The van der Waals surface area contributed by atoms with Crippen molar-refractivity contribution in [3.05, 3.63) is 48.5 Å². The zero-order valence-corrected chi connectivity index (χ0v) is 14.4. The Morgan fingerprint density at radius 2 is 1.92 bits per heavy atom.